The van der Waals surface area contributed by atoms with Crippen molar-refractivity contribution in [3.05, 3.63) is 29.8 Å². The van der Waals surface area contributed by atoms with E-state index in [1.54, 1.807) is 6.92 Å². The normalized spacial score (nSPS) is 17.0. The van der Waals surface area contributed by atoms with E-state index in [0.29, 0.717) is 4.90 Å². The van der Waals surface area contributed by atoms with E-state index in [4.69, 9.17) is 0 Å². The van der Waals surface area contributed by atoms with Crippen LogP contribution in [0.3, 0.4) is 0 Å². The van der Waals surface area contributed by atoms with Gasteiger partial charge in [-0.2, -0.15) is 13.2 Å². The van der Waals surface area contributed by atoms with Gasteiger partial charge in [0.05, 0.1) is 10.8 Å². The number of thioether (sulfide) groups is 1. The molecule has 8 heteroatoms. The number of alkyl halides is 3. The minimum Gasteiger partial charge on any atom is -0.335 e. The Balaban J connectivity index is 1.86. The molecular formula is C17H21F3N2O2S. The van der Waals surface area contributed by atoms with E-state index in [9.17, 15) is 22.8 Å². The molecule has 1 aliphatic carbocycles. The summed E-state index contributed by atoms with van der Waals surface area (Å²) < 4.78 is 38.2. The molecule has 0 unspecified atom stereocenters. The maximum atomic E-state index is 12.7. The van der Waals surface area contributed by atoms with Gasteiger partial charge in [0, 0.05) is 10.9 Å². The number of benzene rings is 1. The van der Waals surface area contributed by atoms with Gasteiger partial charge in [0.1, 0.15) is 0 Å². The first kappa shape index (κ1) is 19.6. The van der Waals surface area contributed by atoms with Gasteiger partial charge in [0.2, 0.25) is 5.91 Å². The molecule has 2 rings (SSSR count). The van der Waals surface area contributed by atoms with E-state index in [1.807, 2.05) is 0 Å². The van der Waals surface area contributed by atoms with Crippen molar-refractivity contribution in [2.45, 2.75) is 61.4 Å². The van der Waals surface area contributed by atoms with Crippen molar-refractivity contribution in [3.63, 3.8) is 0 Å². The van der Waals surface area contributed by atoms with Crippen LogP contribution in [0.2, 0.25) is 0 Å². The molecule has 1 atom stereocenters. The molecule has 1 aliphatic rings. The summed E-state index contributed by atoms with van der Waals surface area (Å²) in [5.74, 6) is -0.532. The fourth-order valence-corrected chi connectivity index (χ4v) is 3.61. The second kappa shape index (κ2) is 8.60. The molecule has 0 saturated heterocycles. The van der Waals surface area contributed by atoms with Gasteiger partial charge in [-0.25, -0.2) is 4.79 Å². The summed E-state index contributed by atoms with van der Waals surface area (Å²) >= 11 is 0.978. The fourth-order valence-electron chi connectivity index (χ4n) is 2.69. The van der Waals surface area contributed by atoms with Gasteiger partial charge in [0.15, 0.2) is 0 Å². The first-order chi connectivity index (χ1) is 11.8. The second-order valence-electron chi connectivity index (χ2n) is 6.08. The van der Waals surface area contributed by atoms with E-state index < -0.39 is 28.9 Å². The first-order valence-electron chi connectivity index (χ1n) is 8.21. The lowest BCUT2D eigenvalue weighted by atomic mass is 9.96. The maximum Gasteiger partial charge on any atom is 0.416 e. The highest BCUT2D eigenvalue weighted by Gasteiger charge is 2.30. The molecule has 3 amide bonds. The minimum absolute atomic E-state index is 0.0768. The molecule has 0 radical (unpaired) electrons. The van der Waals surface area contributed by atoms with E-state index in [1.165, 1.54) is 12.1 Å². The Labute approximate surface area is 148 Å². The smallest absolute Gasteiger partial charge is 0.335 e. The highest BCUT2D eigenvalue weighted by atomic mass is 32.2. The van der Waals surface area contributed by atoms with Crippen LogP contribution >= 0.6 is 11.8 Å². The third kappa shape index (κ3) is 6.26. The molecule has 2 N–H and O–H groups in total. The van der Waals surface area contributed by atoms with Crippen LogP contribution in [-0.4, -0.2) is 23.2 Å². The van der Waals surface area contributed by atoms with Crippen LogP contribution in [0.4, 0.5) is 18.0 Å². The molecule has 138 valence electrons. The zero-order valence-corrected chi connectivity index (χ0v) is 14.7. The molecule has 1 fully saturated rings. The van der Waals surface area contributed by atoms with Crippen LogP contribution in [-0.2, 0) is 11.0 Å². The van der Waals surface area contributed by atoms with E-state index in [0.717, 1.165) is 56.0 Å². The molecular weight excluding hydrogens is 353 g/mol. The van der Waals surface area contributed by atoms with Crippen molar-refractivity contribution in [1.82, 2.24) is 10.6 Å². The quantitative estimate of drug-likeness (QED) is 0.771. The van der Waals surface area contributed by atoms with Crippen molar-refractivity contribution in [1.29, 1.82) is 0 Å². The Bertz CT molecular complexity index is 616. The maximum absolute atomic E-state index is 12.7. The summed E-state index contributed by atoms with van der Waals surface area (Å²) in [6.45, 7) is 1.55. The van der Waals surface area contributed by atoms with Crippen LogP contribution < -0.4 is 10.6 Å². The average molecular weight is 374 g/mol. The molecule has 0 bridgehead atoms. The Kier molecular flexibility index (Phi) is 6.75. The van der Waals surface area contributed by atoms with Crippen molar-refractivity contribution >= 4 is 23.7 Å². The number of amides is 3. The zero-order chi connectivity index (χ0) is 18.4. The zero-order valence-electron chi connectivity index (χ0n) is 13.9. The molecule has 1 aromatic rings. The number of urea groups is 1. The largest absolute Gasteiger partial charge is 0.416 e. The van der Waals surface area contributed by atoms with Gasteiger partial charge in [-0.1, -0.05) is 25.3 Å². The number of hydrogen-bond donors (Lipinski definition) is 2. The van der Waals surface area contributed by atoms with Gasteiger partial charge in [-0.3, -0.25) is 10.1 Å². The minimum atomic E-state index is -4.43. The molecule has 1 aromatic carbocycles. The molecule has 1 saturated carbocycles. The SMILES string of the molecule is C[C@@H](Sc1cccc(C(F)(F)F)c1)C(=O)NC(=O)NC1CCCCC1. The number of carbonyl (C=O) groups excluding carboxylic acids is 2. The summed E-state index contributed by atoms with van der Waals surface area (Å²) in [5.41, 5.74) is -0.764. The summed E-state index contributed by atoms with van der Waals surface area (Å²) in [6, 6.07) is 4.31. The lowest BCUT2D eigenvalue weighted by Gasteiger charge is -2.23. The van der Waals surface area contributed by atoms with Gasteiger partial charge < -0.3 is 5.32 Å². The van der Waals surface area contributed by atoms with Crippen LogP contribution in [0.5, 0.6) is 0 Å². The number of imide groups is 1. The highest BCUT2D eigenvalue weighted by molar-refractivity contribution is 8.00. The summed E-state index contributed by atoms with van der Waals surface area (Å²) in [4.78, 5) is 24.3. The fraction of sp³-hybridized carbons (Fsp3) is 0.529. The van der Waals surface area contributed by atoms with Gasteiger partial charge in [-0.15, -0.1) is 11.8 Å². The average Bonchev–Trinajstić information content (AvgIpc) is 2.55. The van der Waals surface area contributed by atoms with Gasteiger partial charge in [-0.05, 0) is 38.0 Å². The van der Waals surface area contributed by atoms with E-state index >= 15 is 0 Å². The Morgan fingerprint density at radius 2 is 1.88 bits per heavy atom. The Hall–Kier alpha value is -1.70. The number of nitrogens with one attached hydrogen (secondary N) is 2. The topological polar surface area (TPSA) is 58.2 Å². The number of carbonyl (C=O) groups is 2. The molecule has 0 spiro atoms. The van der Waals surface area contributed by atoms with Crippen molar-refractivity contribution < 1.29 is 22.8 Å². The highest BCUT2D eigenvalue weighted by Crippen LogP contribution is 2.33. The van der Waals surface area contributed by atoms with Crippen LogP contribution in [0.15, 0.2) is 29.2 Å². The lowest BCUT2D eigenvalue weighted by molar-refractivity contribution is -0.137. The van der Waals surface area contributed by atoms with Gasteiger partial charge in [0.25, 0.3) is 0 Å². The van der Waals surface area contributed by atoms with E-state index in [2.05, 4.69) is 10.6 Å². The summed E-state index contributed by atoms with van der Waals surface area (Å²) in [5, 5.41) is 4.33. The van der Waals surface area contributed by atoms with Crippen molar-refractivity contribution in [2.24, 2.45) is 0 Å². The predicted molar refractivity (Wildman–Crippen MR) is 90.3 cm³/mol. The first-order valence-corrected chi connectivity index (χ1v) is 9.09. The van der Waals surface area contributed by atoms with Crippen LogP contribution in [0.1, 0.15) is 44.6 Å². The Morgan fingerprint density at radius 1 is 1.20 bits per heavy atom. The summed E-state index contributed by atoms with van der Waals surface area (Å²) in [6.07, 6.45) is 0.638. The predicted octanol–water partition coefficient (Wildman–Crippen LogP) is 4.34. The molecule has 25 heavy (non-hydrogen) atoms. The lowest BCUT2D eigenvalue weighted by Crippen LogP contribution is -2.47. The molecule has 0 heterocycles. The summed E-state index contributed by atoms with van der Waals surface area (Å²) in [7, 11) is 0. The van der Waals surface area contributed by atoms with Crippen LogP contribution in [0.25, 0.3) is 0 Å². The van der Waals surface area contributed by atoms with Crippen molar-refractivity contribution in [3.8, 4) is 0 Å². The molecule has 4 nitrogen and oxygen atoms in total. The van der Waals surface area contributed by atoms with Crippen molar-refractivity contribution in [2.75, 3.05) is 0 Å². The standard InChI is InChI=1S/C17H21F3N2O2S/c1-11(25-14-9-5-6-12(10-14)17(18,19)20)15(23)22-16(24)21-13-7-3-2-4-8-13/h5-6,9-11,13H,2-4,7-8H2,1H3,(H2,21,22,23,24)/t11-/m1/s1. The van der Waals surface area contributed by atoms with Gasteiger partial charge >= 0.3 is 12.2 Å². The Morgan fingerprint density at radius 3 is 2.52 bits per heavy atom. The third-order valence-electron chi connectivity index (χ3n) is 4.02. The van der Waals surface area contributed by atoms with E-state index in [-0.39, 0.29) is 6.04 Å². The number of rotatable bonds is 4. The second-order valence-corrected chi connectivity index (χ2v) is 7.50. The third-order valence-corrected chi connectivity index (χ3v) is 5.11. The van der Waals surface area contributed by atoms with Crippen LogP contribution in [0, 0.1) is 0 Å². The number of halogens is 3. The molecule has 0 aliphatic heterocycles. The monoisotopic (exact) mass is 374 g/mol. The molecule has 0 aromatic heterocycles. The number of hydrogen-bond acceptors (Lipinski definition) is 3.